The van der Waals surface area contributed by atoms with Crippen molar-refractivity contribution < 1.29 is 9.47 Å². The Labute approximate surface area is 180 Å². The molecule has 7 heteroatoms. The fraction of sp³-hybridized carbons (Fsp3) is 0.250. The Kier molecular flexibility index (Phi) is 5.42. The average Bonchev–Trinajstić information content (AvgIpc) is 3.10. The molecule has 0 fully saturated rings. The van der Waals surface area contributed by atoms with Crippen LogP contribution < -0.4 is 19.9 Å². The predicted octanol–water partition coefficient (Wildman–Crippen LogP) is 3.67. The quantitative estimate of drug-likeness (QED) is 0.517. The summed E-state index contributed by atoms with van der Waals surface area (Å²) in [4.78, 5) is 19.7. The van der Waals surface area contributed by atoms with Crippen molar-refractivity contribution in [1.82, 2.24) is 14.6 Å². The summed E-state index contributed by atoms with van der Waals surface area (Å²) in [5.74, 6) is 1.27. The standard InChI is InChI=1S/C24H26N4O3/c1-15-23(17-8-11-20(30-4)21(13-17)31-5)24-25-18(14-22(29)28(24)26-15)12-16-6-9-19(10-7-16)27(2)3/h6-11,13-14,26H,12H2,1-5H3. The van der Waals surface area contributed by atoms with Crippen LogP contribution in [0.2, 0.25) is 0 Å². The third kappa shape index (κ3) is 3.86. The minimum Gasteiger partial charge on any atom is -0.493 e. The average molecular weight is 418 g/mol. The Morgan fingerprint density at radius 1 is 1.00 bits per heavy atom. The molecule has 0 bridgehead atoms. The normalized spacial score (nSPS) is 11.0. The molecule has 4 aromatic rings. The number of methoxy groups -OCH3 is 2. The highest BCUT2D eigenvalue weighted by Gasteiger charge is 2.17. The molecule has 31 heavy (non-hydrogen) atoms. The van der Waals surface area contributed by atoms with E-state index < -0.39 is 0 Å². The summed E-state index contributed by atoms with van der Waals surface area (Å²) in [6.45, 7) is 1.93. The van der Waals surface area contributed by atoms with Crippen LogP contribution in [0.4, 0.5) is 5.69 Å². The molecule has 0 spiro atoms. The number of fused-ring (bicyclic) bond motifs is 1. The van der Waals surface area contributed by atoms with Crippen LogP contribution in [0.25, 0.3) is 16.8 Å². The van der Waals surface area contributed by atoms with Gasteiger partial charge in [-0.1, -0.05) is 18.2 Å². The Morgan fingerprint density at radius 2 is 1.71 bits per heavy atom. The largest absolute Gasteiger partial charge is 0.493 e. The maximum Gasteiger partial charge on any atom is 0.272 e. The molecule has 160 valence electrons. The summed E-state index contributed by atoms with van der Waals surface area (Å²) in [6, 6.07) is 15.5. The first-order valence-electron chi connectivity index (χ1n) is 10.0. The summed E-state index contributed by atoms with van der Waals surface area (Å²) in [7, 11) is 7.23. The Balaban J connectivity index is 1.79. The fourth-order valence-electron chi connectivity index (χ4n) is 3.75. The van der Waals surface area contributed by atoms with Gasteiger partial charge in [-0.05, 0) is 42.3 Å². The van der Waals surface area contributed by atoms with E-state index in [1.165, 1.54) is 4.52 Å². The molecule has 0 aliphatic rings. The van der Waals surface area contributed by atoms with Crippen LogP contribution in [-0.4, -0.2) is 42.9 Å². The number of nitrogens with zero attached hydrogens (tertiary/aromatic N) is 3. The van der Waals surface area contributed by atoms with Gasteiger partial charge in [-0.15, -0.1) is 0 Å². The molecule has 0 atom stereocenters. The van der Waals surface area contributed by atoms with Crippen LogP contribution in [-0.2, 0) is 6.42 Å². The molecule has 0 unspecified atom stereocenters. The number of aromatic amines is 1. The minimum atomic E-state index is -0.139. The molecule has 0 amide bonds. The van der Waals surface area contributed by atoms with Gasteiger partial charge < -0.3 is 14.4 Å². The molecule has 1 N–H and O–H groups in total. The van der Waals surface area contributed by atoms with Gasteiger partial charge in [0.05, 0.1) is 19.9 Å². The van der Waals surface area contributed by atoms with Gasteiger partial charge in [0.25, 0.3) is 5.56 Å². The van der Waals surface area contributed by atoms with Crippen molar-refractivity contribution in [1.29, 1.82) is 0 Å². The second-order valence-electron chi connectivity index (χ2n) is 7.66. The van der Waals surface area contributed by atoms with E-state index in [2.05, 4.69) is 34.3 Å². The maximum atomic E-state index is 12.8. The molecule has 0 aliphatic carbocycles. The number of hydrogen-bond acceptors (Lipinski definition) is 5. The summed E-state index contributed by atoms with van der Waals surface area (Å²) >= 11 is 0. The van der Waals surface area contributed by atoms with Gasteiger partial charge in [0.1, 0.15) is 0 Å². The van der Waals surface area contributed by atoms with Crippen molar-refractivity contribution in [3.63, 3.8) is 0 Å². The Morgan fingerprint density at radius 3 is 2.35 bits per heavy atom. The van der Waals surface area contributed by atoms with Crippen LogP contribution in [0, 0.1) is 6.92 Å². The molecule has 2 aromatic heterocycles. The van der Waals surface area contributed by atoms with Crippen molar-refractivity contribution in [3.8, 4) is 22.6 Å². The second kappa shape index (κ2) is 8.18. The smallest absolute Gasteiger partial charge is 0.272 e. The van der Waals surface area contributed by atoms with Gasteiger partial charge in [-0.2, -0.15) is 0 Å². The molecule has 2 heterocycles. The summed E-state index contributed by atoms with van der Waals surface area (Å²) in [5.41, 5.74) is 6.02. The highest BCUT2D eigenvalue weighted by molar-refractivity contribution is 5.81. The summed E-state index contributed by atoms with van der Waals surface area (Å²) < 4.78 is 12.3. The molecule has 2 aromatic carbocycles. The zero-order chi connectivity index (χ0) is 22.1. The van der Waals surface area contributed by atoms with E-state index in [1.54, 1.807) is 20.3 Å². The van der Waals surface area contributed by atoms with Crippen molar-refractivity contribution in [2.45, 2.75) is 13.3 Å². The topological polar surface area (TPSA) is 71.9 Å². The number of ether oxygens (including phenoxy) is 2. The number of H-pyrrole nitrogens is 1. The van der Waals surface area contributed by atoms with E-state index in [9.17, 15) is 4.79 Å². The number of benzene rings is 2. The van der Waals surface area contributed by atoms with Crippen LogP contribution in [0.1, 0.15) is 17.0 Å². The minimum absolute atomic E-state index is 0.139. The number of aromatic nitrogens is 3. The van der Waals surface area contributed by atoms with Crippen LogP contribution in [0.5, 0.6) is 11.5 Å². The Bertz CT molecular complexity index is 1290. The molecule has 0 aliphatic heterocycles. The van der Waals surface area contributed by atoms with Crippen molar-refractivity contribution in [2.24, 2.45) is 0 Å². The van der Waals surface area contributed by atoms with Gasteiger partial charge in [-0.25, -0.2) is 9.50 Å². The van der Waals surface area contributed by atoms with Crippen LogP contribution in [0.15, 0.2) is 53.3 Å². The summed E-state index contributed by atoms with van der Waals surface area (Å²) in [6.07, 6.45) is 0.578. The SMILES string of the molecule is COc1ccc(-c2c(C)[nH]n3c(=O)cc(Cc4ccc(N(C)C)cc4)nc23)cc1OC. The third-order valence-electron chi connectivity index (χ3n) is 5.36. The van der Waals surface area contributed by atoms with E-state index in [4.69, 9.17) is 14.5 Å². The maximum absolute atomic E-state index is 12.8. The van der Waals surface area contributed by atoms with Crippen LogP contribution in [0.3, 0.4) is 0 Å². The first-order valence-corrected chi connectivity index (χ1v) is 10.0. The third-order valence-corrected chi connectivity index (χ3v) is 5.36. The molecular formula is C24H26N4O3. The molecule has 0 saturated heterocycles. The monoisotopic (exact) mass is 418 g/mol. The molecular weight excluding hydrogens is 392 g/mol. The lowest BCUT2D eigenvalue weighted by Gasteiger charge is -2.12. The van der Waals surface area contributed by atoms with Gasteiger partial charge >= 0.3 is 0 Å². The van der Waals surface area contributed by atoms with Gasteiger partial charge in [0.2, 0.25) is 0 Å². The predicted molar refractivity (Wildman–Crippen MR) is 123 cm³/mol. The fourth-order valence-corrected chi connectivity index (χ4v) is 3.75. The molecule has 4 rings (SSSR count). The second-order valence-corrected chi connectivity index (χ2v) is 7.66. The lowest BCUT2D eigenvalue weighted by Crippen LogP contribution is -2.16. The number of anilines is 1. The highest BCUT2D eigenvalue weighted by Crippen LogP contribution is 2.34. The van der Waals surface area contributed by atoms with E-state index in [1.807, 2.05) is 39.2 Å². The van der Waals surface area contributed by atoms with E-state index in [0.29, 0.717) is 23.6 Å². The van der Waals surface area contributed by atoms with Gasteiger partial charge in [0.15, 0.2) is 17.1 Å². The van der Waals surface area contributed by atoms with Gasteiger partial charge in [0, 0.05) is 43.5 Å². The lowest BCUT2D eigenvalue weighted by molar-refractivity contribution is 0.355. The molecule has 0 saturated carbocycles. The number of aryl methyl sites for hydroxylation is 1. The zero-order valence-corrected chi connectivity index (χ0v) is 18.4. The van der Waals surface area contributed by atoms with Crippen LogP contribution >= 0.6 is 0 Å². The van der Waals surface area contributed by atoms with E-state index in [-0.39, 0.29) is 5.56 Å². The first-order chi connectivity index (χ1) is 14.9. The Hall–Kier alpha value is -3.74. The number of hydrogen-bond donors (Lipinski definition) is 1. The van der Waals surface area contributed by atoms with Crippen molar-refractivity contribution in [3.05, 3.63) is 75.8 Å². The zero-order valence-electron chi connectivity index (χ0n) is 18.4. The highest BCUT2D eigenvalue weighted by atomic mass is 16.5. The van der Waals surface area contributed by atoms with E-state index >= 15 is 0 Å². The summed E-state index contributed by atoms with van der Waals surface area (Å²) in [5, 5.41) is 3.13. The molecule has 0 radical (unpaired) electrons. The molecule has 7 nitrogen and oxygen atoms in total. The van der Waals surface area contributed by atoms with Crippen molar-refractivity contribution >= 4 is 11.3 Å². The number of nitrogens with one attached hydrogen (secondary N) is 1. The van der Waals surface area contributed by atoms with Gasteiger partial charge in [-0.3, -0.25) is 9.89 Å². The first kappa shape index (κ1) is 20.5. The lowest BCUT2D eigenvalue weighted by atomic mass is 10.0. The van der Waals surface area contributed by atoms with E-state index in [0.717, 1.165) is 33.8 Å². The van der Waals surface area contributed by atoms with Crippen molar-refractivity contribution in [2.75, 3.05) is 33.2 Å². The number of rotatable bonds is 6.